The van der Waals surface area contributed by atoms with Crippen molar-refractivity contribution in [2.45, 2.75) is 52.5 Å². The fourth-order valence-corrected chi connectivity index (χ4v) is 6.64. The summed E-state index contributed by atoms with van der Waals surface area (Å²) >= 11 is 6.38. The van der Waals surface area contributed by atoms with E-state index in [1.165, 1.54) is 0 Å². The lowest BCUT2D eigenvalue weighted by atomic mass is 10.0. The largest absolute Gasteiger partial charge is 0.322 e. The number of aryl methyl sites for hydroxylation is 3. The van der Waals surface area contributed by atoms with Crippen LogP contribution in [0.1, 0.15) is 63.6 Å². The zero-order valence-electron chi connectivity index (χ0n) is 25.1. The summed E-state index contributed by atoms with van der Waals surface area (Å²) in [6, 6.07) is 18.6. The lowest BCUT2D eigenvalue weighted by Crippen LogP contribution is -2.62. The van der Waals surface area contributed by atoms with Crippen LogP contribution in [-0.2, 0) is 11.2 Å². The highest BCUT2D eigenvalue weighted by atomic mass is 35.5. The van der Waals surface area contributed by atoms with Gasteiger partial charge in [0.05, 0.1) is 26.6 Å². The fraction of sp³-hybridized carbons (Fsp3) is 0.382. The van der Waals surface area contributed by atoms with E-state index in [9.17, 15) is 14.4 Å². The second-order valence-electron chi connectivity index (χ2n) is 11.7. The Hall–Kier alpha value is -3.23. The number of fused-ring (bicyclic) bond motifs is 1. The van der Waals surface area contributed by atoms with Crippen LogP contribution in [0.15, 0.2) is 60.7 Å². The molecule has 228 valence electrons. The van der Waals surface area contributed by atoms with Gasteiger partial charge in [-0.15, -0.1) is 12.4 Å². The quantitative estimate of drug-likeness (QED) is 0.314. The molecule has 3 aromatic rings. The number of quaternary nitrogens is 1. The summed E-state index contributed by atoms with van der Waals surface area (Å²) in [5.41, 5.74) is 5.49. The van der Waals surface area contributed by atoms with E-state index in [1.54, 1.807) is 19.1 Å². The van der Waals surface area contributed by atoms with E-state index in [0.29, 0.717) is 32.9 Å². The molecule has 2 aliphatic heterocycles. The molecule has 3 amide bonds. The van der Waals surface area contributed by atoms with Crippen LogP contribution >= 0.6 is 24.0 Å². The minimum absolute atomic E-state index is 0. The number of rotatable bonds is 6. The molecule has 1 unspecified atom stereocenters. The van der Waals surface area contributed by atoms with Gasteiger partial charge in [-0.3, -0.25) is 14.1 Å². The molecule has 7 nitrogen and oxygen atoms in total. The Bertz CT molecular complexity index is 1500. The summed E-state index contributed by atoms with van der Waals surface area (Å²) in [6.07, 6.45) is 3.36. The van der Waals surface area contributed by atoms with Gasteiger partial charge in [0.1, 0.15) is 0 Å². The Morgan fingerprint density at radius 2 is 1.72 bits per heavy atom. The van der Waals surface area contributed by atoms with Crippen molar-refractivity contribution in [3.63, 3.8) is 0 Å². The summed E-state index contributed by atoms with van der Waals surface area (Å²) in [5.74, 6) is -0.0656. The molecule has 1 saturated heterocycles. The summed E-state index contributed by atoms with van der Waals surface area (Å²) in [4.78, 5) is 42.1. The normalized spacial score (nSPS) is 17.7. The molecule has 1 fully saturated rings. The Kier molecular flexibility index (Phi) is 10.7. The van der Waals surface area contributed by atoms with Crippen LogP contribution in [0.4, 0.5) is 11.4 Å². The van der Waals surface area contributed by atoms with E-state index >= 15 is 0 Å². The first kappa shape index (κ1) is 32.7. The Morgan fingerprint density at radius 3 is 2.42 bits per heavy atom. The molecule has 0 saturated carbocycles. The van der Waals surface area contributed by atoms with Crippen LogP contribution in [0.5, 0.6) is 0 Å². The summed E-state index contributed by atoms with van der Waals surface area (Å²) in [7, 11) is 0. The van der Waals surface area contributed by atoms with Gasteiger partial charge >= 0.3 is 5.91 Å². The number of benzene rings is 3. The van der Waals surface area contributed by atoms with Gasteiger partial charge in [0.15, 0.2) is 0 Å². The fourth-order valence-electron chi connectivity index (χ4n) is 6.44. The Labute approximate surface area is 265 Å². The second-order valence-corrected chi connectivity index (χ2v) is 12.1. The molecular weight excluding hydrogens is 583 g/mol. The third-order valence-electron chi connectivity index (χ3n) is 8.96. The summed E-state index contributed by atoms with van der Waals surface area (Å²) in [5, 5.41) is 7.01. The van der Waals surface area contributed by atoms with Crippen LogP contribution in [0.2, 0.25) is 5.02 Å². The number of nitrogens with zero attached hydrogens (tertiary/aromatic N) is 2. The topological polar surface area (TPSA) is 78.5 Å². The van der Waals surface area contributed by atoms with E-state index in [2.05, 4.69) is 10.6 Å². The SMILES string of the molecule is CC(=O)[N+]1(CCC2CCCc3cc(Cl)ccc3N2C(=O)c2ccc(NC(=O)c3ccccc3C)cc2C)CCNCC1.Cl. The molecule has 0 spiro atoms. The predicted molar refractivity (Wildman–Crippen MR) is 176 cm³/mol. The molecular formula is C34H41Cl2N4O3+. The minimum Gasteiger partial charge on any atom is -0.322 e. The summed E-state index contributed by atoms with van der Waals surface area (Å²) < 4.78 is 0.452. The first-order valence-electron chi connectivity index (χ1n) is 14.9. The highest BCUT2D eigenvalue weighted by molar-refractivity contribution is 6.30. The zero-order valence-corrected chi connectivity index (χ0v) is 26.7. The van der Waals surface area contributed by atoms with Crippen molar-refractivity contribution < 1.29 is 18.9 Å². The molecule has 9 heteroatoms. The van der Waals surface area contributed by atoms with Crippen molar-refractivity contribution in [1.82, 2.24) is 5.32 Å². The van der Waals surface area contributed by atoms with E-state index in [0.717, 1.165) is 74.2 Å². The van der Waals surface area contributed by atoms with Crippen LogP contribution in [0.25, 0.3) is 0 Å². The predicted octanol–water partition coefficient (Wildman–Crippen LogP) is 6.34. The van der Waals surface area contributed by atoms with Crippen molar-refractivity contribution in [3.8, 4) is 0 Å². The first-order chi connectivity index (χ1) is 20.2. The third-order valence-corrected chi connectivity index (χ3v) is 9.20. The summed E-state index contributed by atoms with van der Waals surface area (Å²) in [6.45, 7) is 9.41. The molecule has 0 aromatic heterocycles. The van der Waals surface area contributed by atoms with E-state index in [4.69, 9.17) is 11.6 Å². The smallest absolute Gasteiger partial charge is 0.310 e. The van der Waals surface area contributed by atoms with Gasteiger partial charge in [-0.1, -0.05) is 29.8 Å². The monoisotopic (exact) mass is 623 g/mol. The maximum atomic E-state index is 14.4. The van der Waals surface area contributed by atoms with Crippen LogP contribution in [-0.4, -0.2) is 61.0 Å². The number of carbonyl (C=O) groups is 3. The number of nitrogens with one attached hydrogen (secondary N) is 2. The molecule has 2 aliphatic rings. The van der Waals surface area contributed by atoms with E-state index in [-0.39, 0.29) is 36.2 Å². The van der Waals surface area contributed by atoms with Crippen molar-refractivity contribution in [2.24, 2.45) is 0 Å². The number of amides is 3. The molecule has 2 heterocycles. The van der Waals surface area contributed by atoms with Crippen LogP contribution in [0, 0.1) is 13.8 Å². The van der Waals surface area contributed by atoms with Gasteiger partial charge in [-0.05, 0) is 92.3 Å². The standard InChI is InChI=1S/C34H39ClN4O3.ClH/c1-23-7-4-5-10-30(23)33(41)37-28-12-13-31(24(2)21-28)34(42)38-29(9-6-8-26-22-27(35)11-14-32(26)38)15-18-39(25(3)40)19-16-36-17-20-39;/h4-5,7,10-14,21-22,29,36H,6,8-9,15-20H2,1-3H3;1H/p+1. The number of anilines is 2. The van der Waals surface area contributed by atoms with Gasteiger partial charge in [0, 0.05) is 53.1 Å². The maximum absolute atomic E-state index is 14.4. The minimum atomic E-state index is -0.180. The van der Waals surface area contributed by atoms with Crippen LogP contribution in [0.3, 0.4) is 0 Å². The molecule has 1 atom stereocenters. The highest BCUT2D eigenvalue weighted by Gasteiger charge is 2.38. The zero-order chi connectivity index (χ0) is 29.9. The van der Waals surface area contributed by atoms with E-state index < -0.39 is 0 Å². The highest BCUT2D eigenvalue weighted by Crippen LogP contribution is 2.35. The van der Waals surface area contributed by atoms with Crippen molar-refractivity contribution in [3.05, 3.63) is 93.5 Å². The number of piperazine rings is 1. The number of halogens is 2. The third kappa shape index (κ3) is 7.13. The van der Waals surface area contributed by atoms with Crippen molar-refractivity contribution in [1.29, 1.82) is 0 Å². The van der Waals surface area contributed by atoms with Gasteiger partial charge in [-0.2, -0.15) is 0 Å². The lowest BCUT2D eigenvalue weighted by molar-refractivity contribution is -0.856. The average Bonchev–Trinajstić information content (AvgIpc) is 3.15. The van der Waals surface area contributed by atoms with Gasteiger partial charge < -0.3 is 15.5 Å². The second kappa shape index (κ2) is 14.0. The van der Waals surface area contributed by atoms with E-state index in [1.807, 2.05) is 67.3 Å². The van der Waals surface area contributed by atoms with Gasteiger partial charge in [-0.25, -0.2) is 4.79 Å². The molecule has 0 aliphatic carbocycles. The lowest BCUT2D eigenvalue weighted by Gasteiger charge is -2.40. The van der Waals surface area contributed by atoms with Crippen molar-refractivity contribution >= 4 is 53.1 Å². The molecule has 2 N–H and O–H groups in total. The molecule has 0 bridgehead atoms. The maximum Gasteiger partial charge on any atom is 0.310 e. The molecule has 5 rings (SSSR count). The number of carbonyl (C=O) groups excluding carboxylic acids is 3. The average molecular weight is 625 g/mol. The molecule has 3 aromatic carbocycles. The molecule has 0 radical (unpaired) electrons. The first-order valence-corrected chi connectivity index (χ1v) is 15.2. The number of hydrogen-bond donors (Lipinski definition) is 2. The Morgan fingerprint density at radius 1 is 0.977 bits per heavy atom. The Balaban J connectivity index is 0.00000423. The van der Waals surface area contributed by atoms with Crippen molar-refractivity contribution in [2.75, 3.05) is 42.9 Å². The van der Waals surface area contributed by atoms with Gasteiger partial charge in [0.2, 0.25) is 0 Å². The number of hydrogen-bond acceptors (Lipinski definition) is 4. The molecule has 43 heavy (non-hydrogen) atoms. The van der Waals surface area contributed by atoms with Gasteiger partial charge in [0.25, 0.3) is 11.8 Å². The van der Waals surface area contributed by atoms with Crippen LogP contribution < -0.4 is 15.5 Å².